The number of amides is 2. The molecule has 8 nitrogen and oxygen atoms in total. The lowest BCUT2D eigenvalue weighted by Crippen LogP contribution is -2.49. The van der Waals surface area contributed by atoms with Gasteiger partial charge in [-0.25, -0.2) is 0 Å². The molecular weight excluding hydrogens is 489 g/mol. The molecule has 1 aromatic carbocycles. The molecule has 2 heterocycles. The predicted molar refractivity (Wildman–Crippen MR) is 126 cm³/mol. The van der Waals surface area contributed by atoms with E-state index in [1.165, 1.54) is 31.3 Å². The van der Waals surface area contributed by atoms with E-state index in [-0.39, 0.29) is 36.1 Å². The zero-order chi connectivity index (χ0) is 26.6. The molecule has 2 aromatic heterocycles. The quantitative estimate of drug-likeness (QED) is 0.400. The van der Waals surface area contributed by atoms with Gasteiger partial charge in [-0.1, -0.05) is 12.1 Å². The van der Waals surface area contributed by atoms with E-state index in [9.17, 15) is 27.9 Å². The fraction of sp³-hybridized carbons (Fsp3) is 0.308. The number of pyridine rings is 2. The summed E-state index contributed by atoms with van der Waals surface area (Å²) in [5.41, 5.74) is -0.797. The lowest BCUT2D eigenvalue weighted by Gasteiger charge is -2.17. The number of halogens is 3. The Bertz CT molecular complexity index is 1260. The van der Waals surface area contributed by atoms with Crippen molar-refractivity contribution in [3.63, 3.8) is 0 Å². The van der Waals surface area contributed by atoms with Crippen molar-refractivity contribution < 1.29 is 32.6 Å². The third kappa shape index (κ3) is 6.62. The van der Waals surface area contributed by atoms with Gasteiger partial charge in [0.25, 0.3) is 0 Å². The first-order chi connectivity index (χ1) is 17.6. The number of rotatable bonds is 9. The van der Waals surface area contributed by atoms with E-state index in [0.717, 1.165) is 12.1 Å². The largest absolute Gasteiger partial charge is 0.455 e. The molecular formula is C26H25F3N4O4. The number of ether oxygens (including phenoxy) is 1. The molecule has 1 saturated carbocycles. The van der Waals surface area contributed by atoms with Crippen LogP contribution in [0.1, 0.15) is 48.4 Å². The maximum atomic E-state index is 13.5. The number of nitrogens with zero attached hydrogens (tertiary/aromatic N) is 2. The summed E-state index contributed by atoms with van der Waals surface area (Å²) in [6, 6.07) is 11.6. The van der Waals surface area contributed by atoms with Crippen molar-refractivity contribution in [3.8, 4) is 11.5 Å². The van der Waals surface area contributed by atoms with Gasteiger partial charge < -0.3 is 20.5 Å². The first-order valence-electron chi connectivity index (χ1n) is 11.6. The van der Waals surface area contributed by atoms with Crippen LogP contribution < -0.4 is 15.4 Å². The van der Waals surface area contributed by atoms with Crippen LogP contribution in [0, 0.1) is 0 Å². The first kappa shape index (κ1) is 26.1. The lowest BCUT2D eigenvalue weighted by molar-refractivity contribution is -0.138. The first-order valence-corrected chi connectivity index (χ1v) is 11.6. The number of nitrogens with one attached hydrogen (secondary N) is 2. The van der Waals surface area contributed by atoms with Crippen molar-refractivity contribution >= 4 is 11.8 Å². The second-order valence-electron chi connectivity index (χ2n) is 8.83. The van der Waals surface area contributed by atoms with Crippen LogP contribution in [-0.2, 0) is 28.7 Å². The van der Waals surface area contributed by atoms with E-state index in [1.807, 2.05) is 0 Å². The molecule has 1 fully saturated rings. The molecule has 0 radical (unpaired) electrons. The highest BCUT2D eigenvalue weighted by Gasteiger charge is 2.51. The zero-order valence-electron chi connectivity index (χ0n) is 19.9. The number of aromatic nitrogens is 2. The molecule has 1 atom stereocenters. The Morgan fingerprint density at radius 1 is 1.11 bits per heavy atom. The molecule has 37 heavy (non-hydrogen) atoms. The standard InChI is InChI=1S/C26H25F3N4O4/c1-16(34)17-5-8-22(21(12-17)26(27,28)29)37-20-7-6-19(31-15-20)14-32-24(36)25(9-10-25)33-23(35)13-18-4-2-3-11-30-18/h2-8,11-12,15-16,34H,9-10,13-14H2,1H3,(H,32,36)(H,33,35). The minimum atomic E-state index is -4.68. The summed E-state index contributed by atoms with van der Waals surface area (Å²) in [5, 5.41) is 15.1. The molecule has 0 saturated heterocycles. The van der Waals surface area contributed by atoms with Gasteiger partial charge in [0, 0.05) is 11.9 Å². The summed E-state index contributed by atoms with van der Waals surface area (Å²) in [6.07, 6.45) is -1.79. The van der Waals surface area contributed by atoms with Gasteiger partial charge in [0.15, 0.2) is 0 Å². The second kappa shape index (κ2) is 10.6. The Morgan fingerprint density at radius 2 is 1.89 bits per heavy atom. The molecule has 11 heteroatoms. The summed E-state index contributed by atoms with van der Waals surface area (Å²) in [5.74, 6) is -0.981. The topological polar surface area (TPSA) is 113 Å². The summed E-state index contributed by atoms with van der Waals surface area (Å²) in [7, 11) is 0. The average molecular weight is 515 g/mol. The lowest BCUT2D eigenvalue weighted by atomic mass is 10.1. The SMILES string of the molecule is CC(O)c1ccc(Oc2ccc(CNC(=O)C3(NC(=O)Cc4ccccn4)CC3)nc2)c(C(F)(F)F)c1. The Hall–Kier alpha value is -3.99. The number of hydrogen-bond acceptors (Lipinski definition) is 6. The van der Waals surface area contributed by atoms with E-state index in [2.05, 4.69) is 20.6 Å². The average Bonchev–Trinajstić information content (AvgIpc) is 3.64. The minimum Gasteiger partial charge on any atom is -0.455 e. The molecule has 4 rings (SSSR count). The molecule has 3 N–H and O–H groups in total. The molecule has 1 unspecified atom stereocenters. The van der Waals surface area contributed by atoms with E-state index in [0.29, 0.717) is 24.2 Å². The Labute approximate surface area is 210 Å². The number of hydrogen-bond donors (Lipinski definition) is 3. The summed E-state index contributed by atoms with van der Waals surface area (Å²) >= 11 is 0. The Morgan fingerprint density at radius 3 is 2.49 bits per heavy atom. The van der Waals surface area contributed by atoms with Crippen LogP contribution in [0.4, 0.5) is 13.2 Å². The molecule has 1 aliphatic rings. The highest BCUT2D eigenvalue weighted by molar-refractivity contribution is 5.94. The van der Waals surface area contributed by atoms with Gasteiger partial charge in [0.2, 0.25) is 11.8 Å². The molecule has 1 aliphatic carbocycles. The van der Waals surface area contributed by atoms with E-state index < -0.39 is 29.1 Å². The summed E-state index contributed by atoms with van der Waals surface area (Å²) < 4.78 is 45.8. The third-order valence-corrected chi connectivity index (χ3v) is 5.88. The molecule has 3 aromatic rings. The van der Waals surface area contributed by atoms with Gasteiger partial charge in [-0.2, -0.15) is 13.2 Å². The van der Waals surface area contributed by atoms with E-state index in [4.69, 9.17) is 4.74 Å². The van der Waals surface area contributed by atoms with Crippen LogP contribution in [0.2, 0.25) is 0 Å². The number of benzene rings is 1. The summed E-state index contributed by atoms with van der Waals surface area (Å²) in [6.45, 7) is 1.44. The molecule has 0 aliphatic heterocycles. The van der Waals surface area contributed by atoms with Gasteiger partial charge >= 0.3 is 6.18 Å². The van der Waals surface area contributed by atoms with Crippen LogP contribution in [0.5, 0.6) is 11.5 Å². The number of aliphatic hydroxyl groups excluding tert-OH is 1. The maximum absolute atomic E-state index is 13.5. The molecule has 0 spiro atoms. The Kier molecular flexibility index (Phi) is 7.44. The van der Waals surface area contributed by atoms with Crippen LogP contribution in [0.3, 0.4) is 0 Å². The van der Waals surface area contributed by atoms with Gasteiger partial charge in [0.1, 0.15) is 17.0 Å². The number of carbonyl (C=O) groups is 2. The minimum absolute atomic E-state index is 0.0634. The van der Waals surface area contributed by atoms with Crippen molar-refractivity contribution in [1.29, 1.82) is 0 Å². The van der Waals surface area contributed by atoms with Crippen molar-refractivity contribution in [2.75, 3.05) is 0 Å². The fourth-order valence-corrected chi connectivity index (χ4v) is 3.67. The second-order valence-corrected chi connectivity index (χ2v) is 8.83. The molecule has 0 bridgehead atoms. The van der Waals surface area contributed by atoms with Gasteiger partial charge in [-0.3, -0.25) is 19.6 Å². The van der Waals surface area contributed by atoms with E-state index >= 15 is 0 Å². The summed E-state index contributed by atoms with van der Waals surface area (Å²) in [4.78, 5) is 33.3. The zero-order valence-corrected chi connectivity index (χ0v) is 19.9. The van der Waals surface area contributed by atoms with Crippen molar-refractivity contribution in [3.05, 3.63) is 83.4 Å². The molecule has 2 amide bonds. The highest BCUT2D eigenvalue weighted by atomic mass is 19.4. The Balaban J connectivity index is 1.33. The smallest absolute Gasteiger partial charge is 0.419 e. The number of alkyl halides is 3. The van der Waals surface area contributed by atoms with E-state index in [1.54, 1.807) is 24.4 Å². The monoisotopic (exact) mass is 514 g/mol. The number of aliphatic hydroxyl groups is 1. The van der Waals surface area contributed by atoms with Crippen molar-refractivity contribution in [1.82, 2.24) is 20.6 Å². The van der Waals surface area contributed by atoms with Crippen LogP contribution in [-0.4, -0.2) is 32.4 Å². The van der Waals surface area contributed by atoms with Crippen molar-refractivity contribution in [2.24, 2.45) is 0 Å². The molecule has 194 valence electrons. The fourth-order valence-electron chi connectivity index (χ4n) is 3.67. The maximum Gasteiger partial charge on any atom is 0.419 e. The van der Waals surface area contributed by atoms with Crippen LogP contribution in [0.25, 0.3) is 0 Å². The van der Waals surface area contributed by atoms with Gasteiger partial charge in [-0.15, -0.1) is 0 Å². The van der Waals surface area contributed by atoms with Crippen LogP contribution in [0.15, 0.2) is 60.9 Å². The normalized spacial score (nSPS) is 14.9. The predicted octanol–water partition coefficient (Wildman–Crippen LogP) is 3.85. The number of carbonyl (C=O) groups excluding carboxylic acids is 2. The van der Waals surface area contributed by atoms with Crippen molar-refractivity contribution in [2.45, 2.75) is 50.6 Å². The van der Waals surface area contributed by atoms with Gasteiger partial charge in [-0.05, 0) is 61.7 Å². The van der Waals surface area contributed by atoms with Crippen LogP contribution >= 0.6 is 0 Å². The third-order valence-electron chi connectivity index (χ3n) is 5.88. The highest BCUT2D eigenvalue weighted by Crippen LogP contribution is 2.39. The van der Waals surface area contributed by atoms with Gasteiger partial charge in [0.05, 0.1) is 36.5 Å².